The topological polar surface area (TPSA) is 103 Å². The van der Waals surface area contributed by atoms with Gasteiger partial charge in [-0.15, -0.1) is 0 Å². The van der Waals surface area contributed by atoms with Gasteiger partial charge >= 0.3 is 0 Å². The second-order valence-electron chi connectivity index (χ2n) is 2.29. The third-order valence-electron chi connectivity index (χ3n) is 1.53. The predicted molar refractivity (Wildman–Crippen MR) is 37.9 cm³/mol. The molecule has 0 radical (unpaired) electrons. The van der Waals surface area contributed by atoms with Crippen molar-refractivity contribution in [3.8, 4) is 0 Å². The Morgan fingerprint density at radius 2 is 2.31 bits per heavy atom. The molecule has 66 valence electrons. The molecule has 0 aromatic carbocycles. The van der Waals surface area contributed by atoms with E-state index in [1.54, 1.807) is 0 Å². The van der Waals surface area contributed by atoms with Crippen molar-refractivity contribution in [1.29, 1.82) is 0 Å². The van der Waals surface area contributed by atoms with Crippen molar-refractivity contribution in [3.05, 3.63) is 28.4 Å². The summed E-state index contributed by atoms with van der Waals surface area (Å²) in [7, 11) is 0. The van der Waals surface area contributed by atoms with Gasteiger partial charge in [-0.1, -0.05) is 0 Å². The fourth-order valence-corrected chi connectivity index (χ4v) is 0.938. The number of rotatable bonds is 1. The zero-order valence-corrected chi connectivity index (χ0v) is 6.22. The maximum Gasteiger partial charge on any atom is 0.283 e. The Kier molecular flexibility index (Phi) is 1.38. The first kappa shape index (κ1) is 7.47. The van der Waals surface area contributed by atoms with Gasteiger partial charge in [0.1, 0.15) is 6.33 Å². The minimum absolute atomic E-state index is 0.120. The molecule has 7 nitrogen and oxygen atoms in total. The van der Waals surface area contributed by atoms with E-state index in [0.29, 0.717) is 0 Å². The van der Waals surface area contributed by atoms with E-state index in [1.165, 1.54) is 6.33 Å². The number of H-pyrrole nitrogens is 1. The summed E-state index contributed by atoms with van der Waals surface area (Å²) in [4.78, 5) is 28.9. The highest BCUT2D eigenvalue weighted by Gasteiger charge is 2.05. The molecule has 2 aromatic heterocycles. The van der Waals surface area contributed by atoms with Crippen LogP contribution in [0.1, 0.15) is 10.4 Å². The largest absolute Gasteiger partial charge is 0.545 e. The number of aromatic amines is 1. The summed E-state index contributed by atoms with van der Waals surface area (Å²) in [6.45, 7) is 0. The van der Waals surface area contributed by atoms with Crippen molar-refractivity contribution in [3.63, 3.8) is 0 Å². The molecular weight excluding hydrogens is 176 g/mol. The first-order valence-electron chi connectivity index (χ1n) is 3.32. The van der Waals surface area contributed by atoms with Gasteiger partial charge in [-0.25, -0.2) is 9.97 Å². The zero-order chi connectivity index (χ0) is 9.42. The molecule has 0 spiro atoms. The van der Waals surface area contributed by atoms with Crippen LogP contribution in [0.4, 0.5) is 0 Å². The standard InChI is InChI=1S/C6H4N4O3/c11-4-3(5(12)13)1-7-6-8-2-9-10(4)6/h1-2H,(H,12,13)(H,7,8,9)/p-1. The lowest BCUT2D eigenvalue weighted by molar-refractivity contribution is -0.255. The Labute approximate surface area is 70.7 Å². The Balaban J connectivity index is 2.89. The Morgan fingerprint density at radius 1 is 1.54 bits per heavy atom. The second-order valence-corrected chi connectivity index (χ2v) is 2.29. The minimum Gasteiger partial charge on any atom is -0.545 e. The number of nitrogens with one attached hydrogen (secondary N) is 1. The summed E-state index contributed by atoms with van der Waals surface area (Å²) < 4.78 is 0.922. The summed E-state index contributed by atoms with van der Waals surface area (Å²) in [5.41, 5.74) is -1.23. The molecule has 2 rings (SSSR count). The summed E-state index contributed by atoms with van der Waals surface area (Å²) >= 11 is 0. The molecular formula is C6H3N4O3-. The van der Waals surface area contributed by atoms with Crippen LogP contribution in [-0.4, -0.2) is 25.6 Å². The van der Waals surface area contributed by atoms with Crippen molar-refractivity contribution in [2.75, 3.05) is 0 Å². The third kappa shape index (κ3) is 0.975. The number of hydrogen-bond donors (Lipinski definition) is 1. The maximum absolute atomic E-state index is 11.3. The van der Waals surface area contributed by atoms with E-state index in [2.05, 4.69) is 15.1 Å². The lowest BCUT2D eigenvalue weighted by Gasteiger charge is -1.99. The van der Waals surface area contributed by atoms with Crippen LogP contribution in [0, 0.1) is 0 Å². The summed E-state index contributed by atoms with van der Waals surface area (Å²) in [6.07, 6.45) is 2.16. The van der Waals surface area contributed by atoms with Crippen molar-refractivity contribution in [2.45, 2.75) is 0 Å². The van der Waals surface area contributed by atoms with Crippen LogP contribution < -0.4 is 10.7 Å². The predicted octanol–water partition coefficient (Wildman–Crippen LogP) is -2.22. The molecule has 0 aliphatic rings. The number of aromatic carboxylic acids is 1. The van der Waals surface area contributed by atoms with Crippen LogP contribution in [0.2, 0.25) is 0 Å². The monoisotopic (exact) mass is 179 g/mol. The minimum atomic E-state index is -1.55. The Hall–Kier alpha value is -2.18. The highest BCUT2D eigenvalue weighted by atomic mass is 16.4. The molecule has 2 aromatic rings. The van der Waals surface area contributed by atoms with E-state index in [-0.39, 0.29) is 5.78 Å². The van der Waals surface area contributed by atoms with Gasteiger partial charge in [0, 0.05) is 6.20 Å². The Morgan fingerprint density at radius 3 is 3.00 bits per heavy atom. The number of carboxylic acid groups (broad SMARTS) is 1. The van der Waals surface area contributed by atoms with Gasteiger partial charge in [0.2, 0.25) is 0 Å². The quantitative estimate of drug-likeness (QED) is 0.534. The molecule has 0 bridgehead atoms. The van der Waals surface area contributed by atoms with E-state index in [4.69, 9.17) is 0 Å². The molecule has 0 unspecified atom stereocenters. The van der Waals surface area contributed by atoms with E-state index in [0.717, 1.165) is 10.7 Å². The number of carbonyl (C=O) groups is 1. The molecule has 0 saturated carbocycles. The normalized spacial score (nSPS) is 10.5. The Bertz CT molecular complexity index is 526. The number of aromatic nitrogens is 4. The fourth-order valence-electron chi connectivity index (χ4n) is 0.938. The van der Waals surface area contributed by atoms with Crippen LogP contribution in [0.3, 0.4) is 0 Å². The van der Waals surface area contributed by atoms with Crippen LogP contribution in [0.25, 0.3) is 5.78 Å². The van der Waals surface area contributed by atoms with Gasteiger partial charge in [0.05, 0.1) is 11.5 Å². The molecule has 0 aliphatic heterocycles. The van der Waals surface area contributed by atoms with Gasteiger partial charge in [-0.3, -0.25) is 9.89 Å². The number of fused-ring (bicyclic) bond motifs is 1. The lowest BCUT2D eigenvalue weighted by atomic mass is 10.3. The first-order chi connectivity index (χ1) is 6.20. The maximum atomic E-state index is 11.3. The van der Waals surface area contributed by atoms with Crippen molar-refractivity contribution in [1.82, 2.24) is 19.6 Å². The molecule has 0 fully saturated rings. The van der Waals surface area contributed by atoms with E-state index in [1.807, 2.05) is 0 Å². The summed E-state index contributed by atoms with van der Waals surface area (Å²) in [6, 6.07) is 0. The number of nitrogens with zero attached hydrogens (tertiary/aromatic N) is 3. The molecule has 13 heavy (non-hydrogen) atoms. The summed E-state index contributed by atoms with van der Waals surface area (Å²) in [5, 5.41) is 12.8. The molecule has 1 N–H and O–H groups in total. The molecule has 0 saturated heterocycles. The SMILES string of the molecule is O=C([O-])c1cnc2nc[nH]n2c1=O. The van der Waals surface area contributed by atoms with E-state index >= 15 is 0 Å². The highest BCUT2D eigenvalue weighted by Crippen LogP contribution is 1.90. The number of carboxylic acids is 1. The zero-order valence-electron chi connectivity index (χ0n) is 6.22. The van der Waals surface area contributed by atoms with E-state index in [9.17, 15) is 14.7 Å². The van der Waals surface area contributed by atoms with Crippen molar-refractivity contribution in [2.24, 2.45) is 0 Å². The molecule has 0 aliphatic carbocycles. The molecule has 2 heterocycles. The number of carbonyl (C=O) groups excluding carboxylic acids is 1. The lowest BCUT2D eigenvalue weighted by Crippen LogP contribution is -2.32. The fraction of sp³-hybridized carbons (Fsp3) is 0. The van der Waals surface area contributed by atoms with Gasteiger partial charge in [-0.05, 0) is 0 Å². The van der Waals surface area contributed by atoms with Gasteiger partial charge in [0.15, 0.2) is 0 Å². The highest BCUT2D eigenvalue weighted by molar-refractivity contribution is 5.84. The van der Waals surface area contributed by atoms with Crippen molar-refractivity contribution < 1.29 is 9.90 Å². The number of hydrogen-bond acceptors (Lipinski definition) is 5. The van der Waals surface area contributed by atoms with Gasteiger partial charge in [0.25, 0.3) is 11.3 Å². The third-order valence-corrected chi connectivity index (χ3v) is 1.53. The molecule has 0 atom stereocenters. The average Bonchev–Trinajstić information content (AvgIpc) is 2.52. The van der Waals surface area contributed by atoms with E-state index < -0.39 is 17.1 Å². The average molecular weight is 179 g/mol. The summed E-state index contributed by atoms with van der Waals surface area (Å²) in [5.74, 6) is -1.43. The van der Waals surface area contributed by atoms with Gasteiger partial charge in [-0.2, -0.15) is 4.52 Å². The van der Waals surface area contributed by atoms with Crippen LogP contribution in [0.5, 0.6) is 0 Å². The van der Waals surface area contributed by atoms with Crippen LogP contribution in [0.15, 0.2) is 17.3 Å². The molecule has 7 heteroatoms. The molecule has 0 amide bonds. The van der Waals surface area contributed by atoms with Crippen LogP contribution >= 0.6 is 0 Å². The second kappa shape index (κ2) is 2.41. The first-order valence-corrected chi connectivity index (χ1v) is 3.32. The van der Waals surface area contributed by atoms with Crippen molar-refractivity contribution >= 4 is 11.7 Å². The smallest absolute Gasteiger partial charge is 0.283 e. The van der Waals surface area contributed by atoms with Gasteiger partial charge < -0.3 is 9.90 Å². The van der Waals surface area contributed by atoms with Crippen LogP contribution in [-0.2, 0) is 0 Å².